The van der Waals surface area contributed by atoms with Gasteiger partial charge in [-0.25, -0.2) is 24.5 Å². The molecule has 4 bridgehead atoms. The Kier molecular flexibility index (Phi) is 20.0. The topological polar surface area (TPSA) is 395 Å². The maximum atomic E-state index is 14.0. The van der Waals surface area contributed by atoms with Crippen molar-refractivity contribution in [2.24, 2.45) is 5.92 Å². The highest BCUT2D eigenvalue weighted by Gasteiger charge is 2.57. The van der Waals surface area contributed by atoms with Crippen LogP contribution in [-0.2, 0) is 99.5 Å². The standard InChI is InChI=1S/C29H40N6O11P2S2Si.C22H24N6O12P2S2.CH4/c1-17-18-15-40-48(39,50)45-23-19(16-41-47(38,49)44-22(17)25(42-18)34-11-7-20(36)32-13-9-30-27(32)34)43-26(24(23)46-51(5,6)29(2,3)4)35-12-8-21(37)33-14-10-31-28(33)35;29-13-1-5-27(21-23-3-7-25(13)21)19-16(32)17-12(38-19)10-36-42(34,44)40-18-15(31)11(9-35-41(33,43)39-17)37-20(18)28-6-2-14(30)26-8-4-24-22(26)28;/h7-14,17-19,22-26H,15-16H2,1-6H3,(H,38,49)(H,39,50);1-8,11-12,15-20,31-32H,9-10H2,(H,33,43)(H,34,44);1H4/t17-,18-,19-,22-,23-,24-,25-,26-,47?,48?;11-,12-,15-,16-,17-,18-,19-,20-,41?,42?;/m11./s1. The minimum atomic E-state index is -4.19. The monoisotopic (exact) mass is 1510 g/mol. The molecule has 6 aliphatic rings. The summed E-state index contributed by atoms with van der Waals surface area (Å²) in [6, 6.07) is 5.20. The molecule has 14 heterocycles. The van der Waals surface area contributed by atoms with Gasteiger partial charge >= 0.3 is 27.0 Å². The van der Waals surface area contributed by atoms with E-state index in [4.69, 9.17) is 95.0 Å². The third-order valence-corrected chi connectivity index (χ3v) is 28.2. The summed E-state index contributed by atoms with van der Waals surface area (Å²) in [5.74, 6) is 0.323. The molecule has 5 N–H and O–H groups in total. The van der Waals surface area contributed by atoms with E-state index in [9.17, 15) is 48.6 Å². The van der Waals surface area contributed by atoms with Crippen molar-refractivity contribution in [3.05, 3.63) is 140 Å². The van der Waals surface area contributed by atoms with E-state index in [1.54, 1.807) is 22.3 Å². The number of nitrogens with zero attached hydrogens (tertiary/aromatic N) is 12. The van der Waals surface area contributed by atoms with E-state index in [2.05, 4.69) is 66.0 Å². The molecule has 20 atom stereocenters. The molecule has 0 aliphatic carbocycles. The van der Waals surface area contributed by atoms with Crippen molar-refractivity contribution in [2.75, 3.05) is 26.4 Å². The molecule has 35 nitrogen and oxygen atoms in total. The molecule has 8 aromatic heterocycles. The lowest BCUT2D eigenvalue weighted by Gasteiger charge is -2.41. The Morgan fingerprint density at radius 1 is 0.510 bits per heavy atom. The summed E-state index contributed by atoms with van der Waals surface area (Å²) in [4.78, 5) is 100. The molecular weight excluding hydrogens is 1440 g/mol. The van der Waals surface area contributed by atoms with E-state index in [0.29, 0.717) is 0 Å². The summed E-state index contributed by atoms with van der Waals surface area (Å²) in [5, 5.41) is 22.2. The first-order chi connectivity index (χ1) is 44.8. The van der Waals surface area contributed by atoms with Gasteiger partial charge in [0.2, 0.25) is 23.1 Å². The smallest absolute Gasteiger partial charge is 0.386 e. The van der Waals surface area contributed by atoms with Crippen LogP contribution in [0.4, 0.5) is 0 Å². The molecule has 6 fully saturated rings. The molecule has 4 unspecified atom stereocenters. The van der Waals surface area contributed by atoms with Crippen molar-refractivity contribution in [1.82, 2.24) is 55.8 Å². The second-order valence-corrected chi connectivity index (χ2v) is 40.4. The molecule has 6 aliphatic heterocycles. The number of aliphatic hydroxyl groups is 2. The van der Waals surface area contributed by atoms with Crippen LogP contribution in [0.25, 0.3) is 23.1 Å². The quantitative estimate of drug-likeness (QED) is 0.0790. The normalized spacial score (nSPS) is 36.3. The highest BCUT2D eigenvalue weighted by atomic mass is 32.7. The third kappa shape index (κ3) is 13.9. The first-order valence-corrected chi connectivity index (χ1v) is 42.6. The molecular formula is C52H68N12O23P4S4Si. The van der Waals surface area contributed by atoms with Gasteiger partial charge in [0.1, 0.15) is 61.0 Å². The average Bonchev–Trinajstić information content (AvgIpc) is 1.61. The molecule has 0 aromatic carbocycles. The van der Waals surface area contributed by atoms with Crippen molar-refractivity contribution in [3.8, 4) is 0 Å². The number of rotatable bonds is 6. The molecule has 44 heteroatoms. The molecule has 14 rings (SSSR count). The Balaban J connectivity index is 0.000000183. The molecule has 0 saturated carbocycles. The van der Waals surface area contributed by atoms with Crippen LogP contribution in [0.15, 0.2) is 118 Å². The van der Waals surface area contributed by atoms with E-state index in [1.807, 2.05) is 0 Å². The van der Waals surface area contributed by atoms with E-state index >= 15 is 0 Å². The Labute approximate surface area is 565 Å². The summed E-state index contributed by atoms with van der Waals surface area (Å²) < 4.78 is 104. The Morgan fingerprint density at radius 2 is 0.865 bits per heavy atom. The van der Waals surface area contributed by atoms with Gasteiger partial charge in [-0.2, -0.15) is 0 Å². The largest absolute Gasteiger partial charge is 0.407 e. The van der Waals surface area contributed by atoms with E-state index < -0.39 is 153 Å². The zero-order chi connectivity index (χ0) is 67.6. The van der Waals surface area contributed by atoms with Crippen molar-refractivity contribution in [1.29, 1.82) is 0 Å². The van der Waals surface area contributed by atoms with Gasteiger partial charge in [0, 0.05) is 105 Å². The molecule has 96 heavy (non-hydrogen) atoms. The molecule has 0 spiro atoms. The number of aliphatic hydroxyl groups excluding tert-OH is 2. The van der Waals surface area contributed by atoms with Gasteiger partial charge in [-0.3, -0.25) is 77.7 Å². The summed E-state index contributed by atoms with van der Waals surface area (Å²) >= 11 is 20.4. The van der Waals surface area contributed by atoms with Crippen molar-refractivity contribution >= 4 is 106 Å². The summed E-state index contributed by atoms with van der Waals surface area (Å²) in [5.41, 5.74) is -1.34. The van der Waals surface area contributed by atoms with E-state index in [-0.39, 0.29) is 64.4 Å². The van der Waals surface area contributed by atoms with Crippen LogP contribution >= 0.6 is 39.2 Å². The van der Waals surface area contributed by atoms with Gasteiger partial charge in [-0.05, 0) is 53.6 Å². The lowest BCUT2D eigenvalue weighted by Crippen LogP contribution is -2.49. The maximum absolute atomic E-state index is 14.0. The first-order valence-electron chi connectivity index (χ1n) is 29.2. The van der Waals surface area contributed by atoms with Crippen LogP contribution in [-0.4, -0.2) is 183 Å². The zero-order valence-corrected chi connectivity index (χ0v) is 58.6. The summed E-state index contributed by atoms with van der Waals surface area (Å²) in [6.07, 6.45) is 0.216. The van der Waals surface area contributed by atoms with Crippen molar-refractivity contribution in [2.45, 2.75) is 145 Å². The predicted molar refractivity (Wildman–Crippen MR) is 353 cm³/mol. The Bertz CT molecular complexity index is 4700. The number of imidazole rings is 4. The lowest BCUT2D eigenvalue weighted by atomic mass is 10.0. The average molecular weight is 1510 g/mol. The molecule has 6 saturated heterocycles. The number of hydrogen-bond donors (Lipinski definition) is 6. The van der Waals surface area contributed by atoms with Gasteiger partial charge in [0.25, 0.3) is 22.2 Å². The highest BCUT2D eigenvalue weighted by molar-refractivity contribution is 8.44. The van der Waals surface area contributed by atoms with Crippen molar-refractivity contribution < 1.29 is 89.0 Å². The van der Waals surface area contributed by atoms with Crippen LogP contribution in [0.1, 0.15) is 60.0 Å². The second kappa shape index (κ2) is 26.9. The number of aromatic nitrogens is 12. The fourth-order valence-electron chi connectivity index (χ4n) is 11.7. The minimum absolute atomic E-state index is 0. The SMILES string of the molecule is C.C[C@H]1[C@H]2OP(=O)(S)OC[C@H]3O[C@@H](n4ccc(=O)n5ccnc45)[C@H](O[Si](C)(C)C(C)(C)C)[C@@H]3OP(O)(=S)OC[C@H]1O[C@H]2n1ccc(=O)n2ccnc12.O=c1ccn([C@@H]2O[C@@H]3COP(O)(=S)O[C@@H]4[C@H](O)[C@@H](COP(O)(=S)O[C@H]3[C@H]2O)O[C@H]4n2ccc(=O)n3ccnc23)c2nccn12. The number of ether oxygens (including phenoxy) is 4. The second-order valence-electron chi connectivity index (χ2n) is 24.4. The zero-order valence-electron chi connectivity index (χ0n) is 50.7. The Hall–Kier alpha value is -4.29. The predicted octanol–water partition coefficient (Wildman–Crippen LogP) is 3.31. The van der Waals surface area contributed by atoms with Gasteiger partial charge in [-0.1, -0.05) is 47.4 Å². The van der Waals surface area contributed by atoms with Crippen LogP contribution in [0.3, 0.4) is 0 Å². The van der Waals surface area contributed by atoms with Crippen LogP contribution < -0.4 is 22.2 Å². The minimum Gasteiger partial charge on any atom is -0.407 e. The fraction of sp³-hybridized carbons (Fsp3) is 0.538. The van der Waals surface area contributed by atoms with Crippen molar-refractivity contribution in [3.63, 3.8) is 0 Å². The maximum Gasteiger partial charge on any atom is 0.386 e. The molecule has 8 aromatic rings. The fourth-order valence-corrected chi connectivity index (χ4v) is 18.8. The van der Waals surface area contributed by atoms with Gasteiger partial charge in [-0.15, -0.1) is 0 Å². The molecule has 522 valence electrons. The van der Waals surface area contributed by atoms with Crippen LogP contribution in [0.2, 0.25) is 18.1 Å². The number of hydrogen-bond acceptors (Lipinski definition) is 27. The van der Waals surface area contributed by atoms with Crippen LogP contribution in [0.5, 0.6) is 0 Å². The first kappa shape index (κ1) is 71.5. The number of fused-ring (bicyclic) bond motifs is 10. The van der Waals surface area contributed by atoms with Crippen LogP contribution in [0, 0.1) is 5.92 Å². The molecule has 0 radical (unpaired) electrons. The summed E-state index contributed by atoms with van der Waals surface area (Å²) in [6.45, 7) is -6.11. The highest BCUT2D eigenvalue weighted by Crippen LogP contribution is 2.60. The van der Waals surface area contributed by atoms with Gasteiger partial charge in [0.15, 0.2) is 33.2 Å². The lowest BCUT2D eigenvalue weighted by molar-refractivity contribution is -0.0611. The number of thiol groups is 1. The Morgan fingerprint density at radius 3 is 1.33 bits per heavy atom. The molecule has 0 amide bonds. The van der Waals surface area contributed by atoms with Gasteiger partial charge in [0.05, 0.1) is 32.5 Å². The summed E-state index contributed by atoms with van der Waals surface area (Å²) in [7, 11) is -2.60. The van der Waals surface area contributed by atoms with Gasteiger partial charge < -0.3 is 61.8 Å². The van der Waals surface area contributed by atoms with E-state index in [1.165, 1.54) is 119 Å². The van der Waals surface area contributed by atoms with E-state index in [0.717, 1.165) is 0 Å². The third-order valence-electron chi connectivity index (χ3n) is 17.4.